The highest BCUT2D eigenvalue weighted by Gasteiger charge is 2.14. The van der Waals surface area contributed by atoms with Crippen molar-refractivity contribution in [3.8, 4) is 0 Å². The van der Waals surface area contributed by atoms with Gasteiger partial charge in [-0.2, -0.15) is 0 Å². The van der Waals surface area contributed by atoms with Crippen LogP contribution in [0.2, 0.25) is 5.02 Å². The van der Waals surface area contributed by atoms with E-state index in [0.29, 0.717) is 0 Å². The van der Waals surface area contributed by atoms with Crippen LogP contribution in [0.4, 0.5) is 0 Å². The zero-order valence-electron chi connectivity index (χ0n) is 9.34. The second kappa shape index (κ2) is 6.55. The van der Waals surface area contributed by atoms with E-state index in [0.717, 1.165) is 28.6 Å². The van der Waals surface area contributed by atoms with Crippen LogP contribution in [0, 0.1) is 11.8 Å². The van der Waals surface area contributed by atoms with Crippen LogP contribution in [-0.2, 0) is 6.42 Å². The molecule has 0 spiro atoms. The molecule has 15 heavy (non-hydrogen) atoms. The molecular weight excluding hydrogens is 272 g/mol. The summed E-state index contributed by atoms with van der Waals surface area (Å²) in [6, 6.07) is 8.19. The van der Waals surface area contributed by atoms with Crippen molar-refractivity contribution in [3.05, 3.63) is 34.9 Å². The zero-order valence-corrected chi connectivity index (χ0v) is 11.7. The van der Waals surface area contributed by atoms with Gasteiger partial charge in [0.15, 0.2) is 0 Å². The molecule has 0 aliphatic carbocycles. The molecule has 0 aliphatic rings. The number of halogens is 2. The zero-order chi connectivity index (χ0) is 11.3. The van der Waals surface area contributed by atoms with Crippen LogP contribution in [0.15, 0.2) is 24.3 Å². The highest BCUT2D eigenvalue weighted by molar-refractivity contribution is 9.09. The topological polar surface area (TPSA) is 0 Å². The lowest BCUT2D eigenvalue weighted by molar-refractivity contribution is 0.383. The highest BCUT2D eigenvalue weighted by atomic mass is 79.9. The summed E-state index contributed by atoms with van der Waals surface area (Å²) in [6.45, 7) is 4.57. The molecule has 0 radical (unpaired) electrons. The molecule has 0 saturated heterocycles. The Hall–Kier alpha value is -0.0100. The standard InChI is InChI=1S/C13H18BrCl/c1-3-10(2)12(9-14)8-11-4-6-13(15)7-5-11/h4-7,10,12H,3,8-9H2,1-2H3. The molecule has 0 N–H and O–H groups in total. The van der Waals surface area contributed by atoms with Crippen LogP contribution in [0.1, 0.15) is 25.8 Å². The number of rotatable bonds is 5. The van der Waals surface area contributed by atoms with E-state index in [1.807, 2.05) is 12.1 Å². The van der Waals surface area contributed by atoms with Crippen LogP contribution in [0.3, 0.4) is 0 Å². The molecule has 0 fully saturated rings. The van der Waals surface area contributed by atoms with Crippen LogP contribution in [0.25, 0.3) is 0 Å². The lowest BCUT2D eigenvalue weighted by Gasteiger charge is -2.20. The number of hydrogen-bond acceptors (Lipinski definition) is 0. The molecule has 1 aromatic carbocycles. The van der Waals surface area contributed by atoms with Gasteiger partial charge in [0.05, 0.1) is 0 Å². The molecule has 0 saturated carbocycles. The third kappa shape index (κ3) is 4.16. The maximum absolute atomic E-state index is 5.86. The summed E-state index contributed by atoms with van der Waals surface area (Å²) in [7, 11) is 0. The Morgan fingerprint density at radius 3 is 2.33 bits per heavy atom. The van der Waals surface area contributed by atoms with Crippen LogP contribution >= 0.6 is 27.5 Å². The van der Waals surface area contributed by atoms with Crippen molar-refractivity contribution in [2.45, 2.75) is 26.7 Å². The summed E-state index contributed by atoms with van der Waals surface area (Å²) in [5.74, 6) is 1.48. The predicted molar refractivity (Wildman–Crippen MR) is 71.9 cm³/mol. The van der Waals surface area contributed by atoms with Crippen molar-refractivity contribution >= 4 is 27.5 Å². The van der Waals surface area contributed by atoms with E-state index in [2.05, 4.69) is 41.9 Å². The fourth-order valence-electron chi connectivity index (χ4n) is 1.66. The Morgan fingerprint density at radius 1 is 1.27 bits per heavy atom. The smallest absolute Gasteiger partial charge is 0.0406 e. The van der Waals surface area contributed by atoms with Gasteiger partial charge < -0.3 is 0 Å². The van der Waals surface area contributed by atoms with Crippen molar-refractivity contribution in [3.63, 3.8) is 0 Å². The molecule has 0 aliphatic heterocycles. The van der Waals surface area contributed by atoms with E-state index >= 15 is 0 Å². The van der Waals surface area contributed by atoms with Gasteiger partial charge in [0.2, 0.25) is 0 Å². The summed E-state index contributed by atoms with van der Waals surface area (Å²) in [5, 5.41) is 1.89. The summed E-state index contributed by atoms with van der Waals surface area (Å²) >= 11 is 9.47. The van der Waals surface area contributed by atoms with Gasteiger partial charge in [-0.25, -0.2) is 0 Å². The van der Waals surface area contributed by atoms with Gasteiger partial charge in [0, 0.05) is 10.4 Å². The van der Waals surface area contributed by atoms with Crippen molar-refractivity contribution in [1.29, 1.82) is 0 Å². The van der Waals surface area contributed by atoms with Gasteiger partial charge >= 0.3 is 0 Å². The maximum Gasteiger partial charge on any atom is 0.0406 e. The molecule has 0 bridgehead atoms. The molecule has 2 heteroatoms. The van der Waals surface area contributed by atoms with Crippen molar-refractivity contribution in [2.24, 2.45) is 11.8 Å². The number of benzene rings is 1. The van der Waals surface area contributed by atoms with E-state index in [1.165, 1.54) is 12.0 Å². The largest absolute Gasteiger partial charge is 0.0925 e. The Balaban J connectivity index is 2.62. The fraction of sp³-hybridized carbons (Fsp3) is 0.538. The van der Waals surface area contributed by atoms with Gasteiger partial charge in [0.25, 0.3) is 0 Å². The second-order valence-corrected chi connectivity index (χ2v) is 5.21. The minimum atomic E-state index is 0.719. The summed E-state index contributed by atoms with van der Waals surface area (Å²) < 4.78 is 0. The number of alkyl halides is 1. The minimum Gasteiger partial charge on any atom is -0.0925 e. The second-order valence-electron chi connectivity index (χ2n) is 4.13. The Kier molecular flexibility index (Phi) is 5.70. The van der Waals surface area contributed by atoms with Gasteiger partial charge in [-0.15, -0.1) is 0 Å². The Labute approximate surface area is 106 Å². The predicted octanol–water partition coefficient (Wildman–Crippen LogP) is 4.94. The van der Waals surface area contributed by atoms with Crippen molar-refractivity contribution in [2.75, 3.05) is 5.33 Å². The Morgan fingerprint density at radius 2 is 1.87 bits per heavy atom. The van der Waals surface area contributed by atoms with E-state index in [4.69, 9.17) is 11.6 Å². The van der Waals surface area contributed by atoms with Crippen LogP contribution in [-0.4, -0.2) is 5.33 Å². The lowest BCUT2D eigenvalue weighted by atomic mass is 9.88. The molecule has 84 valence electrons. The molecule has 0 nitrogen and oxygen atoms in total. The van der Waals surface area contributed by atoms with E-state index in [9.17, 15) is 0 Å². The molecule has 0 amide bonds. The van der Waals surface area contributed by atoms with Crippen LogP contribution in [0.5, 0.6) is 0 Å². The third-order valence-corrected chi connectivity index (χ3v) is 4.14. The van der Waals surface area contributed by atoms with Gasteiger partial charge in [-0.05, 0) is 36.0 Å². The van der Waals surface area contributed by atoms with E-state index in [-0.39, 0.29) is 0 Å². The summed E-state index contributed by atoms with van der Waals surface area (Å²) in [4.78, 5) is 0. The molecule has 1 aromatic rings. The first-order valence-corrected chi connectivity index (χ1v) is 6.97. The first kappa shape index (κ1) is 13.1. The number of hydrogen-bond donors (Lipinski definition) is 0. The van der Waals surface area contributed by atoms with Gasteiger partial charge in [-0.1, -0.05) is 59.9 Å². The lowest BCUT2D eigenvalue weighted by Crippen LogP contribution is -2.15. The highest BCUT2D eigenvalue weighted by Crippen LogP contribution is 2.23. The van der Waals surface area contributed by atoms with Crippen molar-refractivity contribution < 1.29 is 0 Å². The normalized spacial score (nSPS) is 14.9. The first-order valence-electron chi connectivity index (χ1n) is 5.47. The molecular formula is C13H18BrCl. The Bertz CT molecular complexity index is 281. The molecule has 2 unspecified atom stereocenters. The van der Waals surface area contributed by atoms with Gasteiger partial charge in [0.1, 0.15) is 0 Å². The molecule has 1 rings (SSSR count). The first-order chi connectivity index (χ1) is 7.17. The van der Waals surface area contributed by atoms with Gasteiger partial charge in [-0.3, -0.25) is 0 Å². The monoisotopic (exact) mass is 288 g/mol. The minimum absolute atomic E-state index is 0.719. The van der Waals surface area contributed by atoms with E-state index < -0.39 is 0 Å². The fourth-order valence-corrected chi connectivity index (χ4v) is 2.66. The summed E-state index contributed by atoms with van der Waals surface area (Å²) in [6.07, 6.45) is 2.38. The molecule has 2 atom stereocenters. The van der Waals surface area contributed by atoms with Crippen LogP contribution < -0.4 is 0 Å². The average Bonchev–Trinajstić information content (AvgIpc) is 2.27. The van der Waals surface area contributed by atoms with E-state index in [1.54, 1.807) is 0 Å². The average molecular weight is 290 g/mol. The third-order valence-electron chi connectivity index (χ3n) is 3.06. The molecule has 0 aromatic heterocycles. The van der Waals surface area contributed by atoms with Crippen molar-refractivity contribution in [1.82, 2.24) is 0 Å². The maximum atomic E-state index is 5.86. The summed E-state index contributed by atoms with van der Waals surface area (Å²) in [5.41, 5.74) is 1.38. The quantitative estimate of drug-likeness (QED) is 0.674. The SMILES string of the molecule is CCC(C)C(CBr)Cc1ccc(Cl)cc1. The molecule has 0 heterocycles.